The van der Waals surface area contributed by atoms with Crippen molar-refractivity contribution in [2.75, 3.05) is 5.73 Å². The highest BCUT2D eigenvalue weighted by atomic mass is 19.1. The highest BCUT2D eigenvalue weighted by Gasteiger charge is 2.04. The molecule has 0 atom stereocenters. The van der Waals surface area contributed by atoms with Crippen molar-refractivity contribution in [3.8, 4) is 0 Å². The first-order valence-corrected chi connectivity index (χ1v) is 3.74. The molecule has 0 unspecified atom stereocenters. The maximum Gasteiger partial charge on any atom is 0.146 e. The van der Waals surface area contributed by atoms with E-state index in [1.165, 1.54) is 6.07 Å². The van der Waals surface area contributed by atoms with E-state index in [0.29, 0.717) is 0 Å². The molecule has 0 amide bonds. The van der Waals surface area contributed by atoms with Crippen molar-refractivity contribution in [1.29, 1.82) is 0 Å². The maximum atomic E-state index is 13.0. The lowest BCUT2D eigenvalue weighted by Gasteiger charge is -2.06. The molecule has 0 bridgehead atoms. The van der Waals surface area contributed by atoms with Gasteiger partial charge in [-0.1, -0.05) is 12.2 Å². The number of nitrogen functional groups attached to an aromatic ring is 1. The smallest absolute Gasteiger partial charge is 0.146 e. The first-order chi connectivity index (χ1) is 5.52. The van der Waals surface area contributed by atoms with Crippen LogP contribution in [0.5, 0.6) is 0 Å². The van der Waals surface area contributed by atoms with Gasteiger partial charge in [0.15, 0.2) is 0 Å². The zero-order valence-corrected chi connectivity index (χ0v) is 7.32. The van der Waals surface area contributed by atoms with Crippen LogP contribution in [0.25, 0.3) is 5.57 Å². The summed E-state index contributed by atoms with van der Waals surface area (Å²) in [4.78, 5) is 0. The molecular weight excluding hydrogens is 153 g/mol. The number of rotatable bonds is 1. The van der Waals surface area contributed by atoms with Crippen molar-refractivity contribution in [2.45, 2.75) is 13.8 Å². The van der Waals surface area contributed by atoms with Crippen LogP contribution < -0.4 is 5.73 Å². The van der Waals surface area contributed by atoms with Crippen molar-refractivity contribution in [3.63, 3.8) is 0 Å². The molecule has 0 spiro atoms. The molecule has 1 aromatic rings. The second-order valence-corrected chi connectivity index (χ2v) is 2.97. The van der Waals surface area contributed by atoms with Crippen LogP contribution >= 0.6 is 0 Å². The monoisotopic (exact) mass is 165 g/mol. The third-order valence-corrected chi connectivity index (χ3v) is 1.80. The van der Waals surface area contributed by atoms with E-state index in [1.807, 2.05) is 13.8 Å². The minimum atomic E-state index is -0.376. The van der Waals surface area contributed by atoms with Crippen LogP contribution in [-0.2, 0) is 0 Å². The Balaban J connectivity index is 3.33. The summed E-state index contributed by atoms with van der Waals surface area (Å²) in [6, 6.07) is 3.05. The summed E-state index contributed by atoms with van der Waals surface area (Å²) < 4.78 is 13.0. The molecule has 0 saturated carbocycles. The van der Waals surface area contributed by atoms with Gasteiger partial charge in [0.1, 0.15) is 5.82 Å². The lowest BCUT2D eigenvalue weighted by molar-refractivity contribution is 0.631. The molecule has 2 N–H and O–H groups in total. The summed E-state index contributed by atoms with van der Waals surface area (Å²) in [5.74, 6) is -0.376. The van der Waals surface area contributed by atoms with E-state index < -0.39 is 0 Å². The van der Waals surface area contributed by atoms with Crippen molar-refractivity contribution in [1.82, 2.24) is 0 Å². The van der Waals surface area contributed by atoms with Crippen LogP contribution in [-0.4, -0.2) is 0 Å². The zero-order valence-electron chi connectivity index (χ0n) is 7.32. The van der Waals surface area contributed by atoms with Crippen molar-refractivity contribution >= 4 is 11.3 Å². The summed E-state index contributed by atoms with van der Waals surface area (Å²) in [6.07, 6.45) is 0. The van der Waals surface area contributed by atoms with Crippen LogP contribution in [0.4, 0.5) is 10.1 Å². The standard InChI is InChI=1S/C10H12FN/c1-6(2)8-5-9(11)10(12)4-7(8)3/h4-5H,1,12H2,2-3H3. The molecule has 1 rings (SSSR count). The quantitative estimate of drug-likeness (QED) is 0.636. The Labute approximate surface area is 71.7 Å². The van der Waals surface area contributed by atoms with Gasteiger partial charge in [0.25, 0.3) is 0 Å². The molecule has 0 aliphatic carbocycles. The van der Waals surface area contributed by atoms with Gasteiger partial charge in [0.05, 0.1) is 5.69 Å². The van der Waals surface area contributed by atoms with E-state index in [9.17, 15) is 4.39 Å². The summed E-state index contributed by atoms with van der Waals surface area (Å²) in [6.45, 7) is 7.48. The van der Waals surface area contributed by atoms with Crippen LogP contribution in [0, 0.1) is 12.7 Å². The van der Waals surface area contributed by atoms with Gasteiger partial charge >= 0.3 is 0 Å². The van der Waals surface area contributed by atoms with Gasteiger partial charge in [-0.3, -0.25) is 0 Å². The van der Waals surface area contributed by atoms with E-state index >= 15 is 0 Å². The predicted molar refractivity (Wildman–Crippen MR) is 50.3 cm³/mol. The van der Waals surface area contributed by atoms with Crippen molar-refractivity contribution in [2.24, 2.45) is 0 Å². The molecule has 12 heavy (non-hydrogen) atoms. The Bertz CT molecular complexity index is 329. The van der Waals surface area contributed by atoms with Crippen molar-refractivity contribution in [3.05, 3.63) is 35.7 Å². The lowest BCUT2D eigenvalue weighted by Crippen LogP contribution is -1.94. The van der Waals surface area contributed by atoms with Gasteiger partial charge in [-0.15, -0.1) is 0 Å². The second-order valence-electron chi connectivity index (χ2n) is 2.97. The Morgan fingerprint density at radius 1 is 1.50 bits per heavy atom. The normalized spacial score (nSPS) is 9.92. The Morgan fingerprint density at radius 2 is 2.08 bits per heavy atom. The number of hydrogen-bond acceptors (Lipinski definition) is 1. The van der Waals surface area contributed by atoms with Crippen LogP contribution in [0.2, 0.25) is 0 Å². The number of hydrogen-bond donors (Lipinski definition) is 1. The average Bonchev–Trinajstić information content (AvgIpc) is 1.96. The van der Waals surface area contributed by atoms with Crippen LogP contribution in [0.1, 0.15) is 18.1 Å². The number of benzene rings is 1. The van der Waals surface area contributed by atoms with E-state index in [0.717, 1.165) is 16.7 Å². The van der Waals surface area contributed by atoms with E-state index in [2.05, 4.69) is 6.58 Å². The van der Waals surface area contributed by atoms with Gasteiger partial charge in [0.2, 0.25) is 0 Å². The largest absolute Gasteiger partial charge is 0.396 e. The summed E-state index contributed by atoms with van der Waals surface area (Å²) in [5.41, 5.74) is 8.22. The summed E-state index contributed by atoms with van der Waals surface area (Å²) in [7, 11) is 0. The predicted octanol–water partition coefficient (Wildman–Crippen LogP) is 2.75. The SMILES string of the molecule is C=C(C)c1cc(F)c(N)cc1C. The van der Waals surface area contributed by atoms with Gasteiger partial charge in [-0.2, -0.15) is 0 Å². The molecule has 0 aliphatic rings. The molecule has 64 valence electrons. The highest BCUT2D eigenvalue weighted by molar-refractivity contribution is 5.66. The van der Waals surface area contributed by atoms with Crippen LogP contribution in [0.15, 0.2) is 18.7 Å². The third-order valence-electron chi connectivity index (χ3n) is 1.80. The molecular formula is C10H12FN. The fraction of sp³-hybridized carbons (Fsp3) is 0.200. The molecule has 0 aromatic heterocycles. The average molecular weight is 165 g/mol. The Kier molecular flexibility index (Phi) is 2.18. The number of aryl methyl sites for hydroxylation is 1. The lowest BCUT2D eigenvalue weighted by atomic mass is 10.0. The van der Waals surface area contributed by atoms with Crippen molar-refractivity contribution < 1.29 is 4.39 Å². The van der Waals surface area contributed by atoms with E-state index in [-0.39, 0.29) is 11.5 Å². The first-order valence-electron chi connectivity index (χ1n) is 3.74. The maximum absolute atomic E-state index is 13.0. The van der Waals surface area contributed by atoms with E-state index in [4.69, 9.17) is 5.73 Å². The molecule has 1 aromatic carbocycles. The Hall–Kier alpha value is -1.31. The third kappa shape index (κ3) is 1.47. The molecule has 0 saturated heterocycles. The molecule has 1 nitrogen and oxygen atoms in total. The molecule has 0 heterocycles. The number of allylic oxidation sites excluding steroid dienone is 1. The van der Waals surface area contributed by atoms with Crippen LogP contribution in [0.3, 0.4) is 0 Å². The molecule has 0 aliphatic heterocycles. The minimum Gasteiger partial charge on any atom is -0.396 e. The van der Waals surface area contributed by atoms with Gasteiger partial charge in [-0.05, 0) is 37.1 Å². The number of nitrogens with two attached hydrogens (primary N) is 1. The minimum absolute atomic E-state index is 0.192. The van der Waals surface area contributed by atoms with Gasteiger partial charge in [-0.25, -0.2) is 4.39 Å². The summed E-state index contributed by atoms with van der Waals surface area (Å²) >= 11 is 0. The highest BCUT2D eigenvalue weighted by Crippen LogP contribution is 2.21. The van der Waals surface area contributed by atoms with Gasteiger partial charge in [0, 0.05) is 0 Å². The first kappa shape index (κ1) is 8.78. The molecule has 2 heteroatoms. The molecule has 0 radical (unpaired) electrons. The number of anilines is 1. The number of halogens is 1. The van der Waals surface area contributed by atoms with Gasteiger partial charge < -0.3 is 5.73 Å². The molecule has 0 fully saturated rings. The van der Waals surface area contributed by atoms with E-state index in [1.54, 1.807) is 6.07 Å². The fourth-order valence-electron chi connectivity index (χ4n) is 1.16. The fourth-order valence-corrected chi connectivity index (χ4v) is 1.16. The summed E-state index contributed by atoms with van der Waals surface area (Å²) in [5, 5.41) is 0. The second kappa shape index (κ2) is 2.97. The topological polar surface area (TPSA) is 26.0 Å². The zero-order chi connectivity index (χ0) is 9.30. The Morgan fingerprint density at radius 3 is 2.58 bits per heavy atom.